The van der Waals surface area contributed by atoms with E-state index in [2.05, 4.69) is 0 Å². The molecule has 0 radical (unpaired) electrons. The molecule has 1 amide bonds. The highest BCUT2D eigenvalue weighted by Gasteiger charge is 2.57. The summed E-state index contributed by atoms with van der Waals surface area (Å²) in [4.78, 5) is 28.1. The van der Waals surface area contributed by atoms with E-state index >= 15 is 0 Å². The number of carboxylic acid groups (broad SMARTS) is 1. The van der Waals surface area contributed by atoms with Crippen molar-refractivity contribution in [2.75, 3.05) is 5.75 Å². The SMILES string of the molecule is CC[C@]1(CC(=O)O)C[C@H](c2cccc(Cl)c2)[C@H]2c3ccc(Cl)cc3C(C)C(CS(=O)(=O)C(C)C)N2C1=O. The average molecular weight is 567 g/mol. The summed E-state index contributed by atoms with van der Waals surface area (Å²) in [6, 6.07) is 11.8. The first-order valence-corrected chi connectivity index (χ1v) is 15.1. The molecule has 2 aromatic carbocycles. The van der Waals surface area contributed by atoms with Crippen LogP contribution in [0.25, 0.3) is 0 Å². The van der Waals surface area contributed by atoms with Crippen LogP contribution in [-0.4, -0.2) is 47.3 Å². The number of hydrogen-bond donors (Lipinski definition) is 1. The topological polar surface area (TPSA) is 91.8 Å². The van der Waals surface area contributed by atoms with Gasteiger partial charge in [-0.1, -0.05) is 55.2 Å². The summed E-state index contributed by atoms with van der Waals surface area (Å²) in [5, 5.41) is 10.3. The van der Waals surface area contributed by atoms with E-state index < -0.39 is 38.6 Å². The maximum atomic E-state index is 14.4. The van der Waals surface area contributed by atoms with Crippen molar-refractivity contribution in [2.45, 2.75) is 76.1 Å². The highest BCUT2D eigenvalue weighted by Crippen LogP contribution is 2.57. The van der Waals surface area contributed by atoms with Gasteiger partial charge in [-0.15, -0.1) is 0 Å². The number of carboxylic acids is 1. The van der Waals surface area contributed by atoms with E-state index in [-0.39, 0.29) is 29.9 Å². The summed E-state index contributed by atoms with van der Waals surface area (Å²) in [6.07, 6.45) is 0.314. The minimum Gasteiger partial charge on any atom is -0.481 e. The molecule has 1 fully saturated rings. The number of nitrogens with zero attached hydrogens (tertiary/aromatic N) is 1. The molecule has 4 rings (SSSR count). The van der Waals surface area contributed by atoms with Crippen molar-refractivity contribution in [1.82, 2.24) is 4.90 Å². The number of benzene rings is 2. The molecule has 0 saturated carbocycles. The van der Waals surface area contributed by atoms with Gasteiger partial charge in [-0.25, -0.2) is 8.42 Å². The van der Waals surface area contributed by atoms with Gasteiger partial charge in [-0.05, 0) is 67.6 Å². The quantitative estimate of drug-likeness (QED) is 0.429. The Hall–Kier alpha value is -2.09. The molecule has 2 unspecified atom stereocenters. The van der Waals surface area contributed by atoms with Gasteiger partial charge in [0.25, 0.3) is 0 Å². The van der Waals surface area contributed by atoms with Crippen molar-refractivity contribution in [2.24, 2.45) is 5.41 Å². The number of amides is 1. The van der Waals surface area contributed by atoms with Crippen molar-refractivity contribution in [3.8, 4) is 0 Å². The number of sulfone groups is 1. The van der Waals surface area contributed by atoms with Gasteiger partial charge in [0.05, 0.1) is 34.9 Å². The third kappa shape index (κ3) is 5.02. The number of piperidine rings is 1. The molecule has 2 aliphatic heterocycles. The fourth-order valence-electron chi connectivity index (χ4n) is 6.15. The van der Waals surface area contributed by atoms with Crippen LogP contribution in [-0.2, 0) is 19.4 Å². The number of aliphatic carboxylic acids is 1. The Balaban J connectivity index is 2.00. The minimum atomic E-state index is -3.54. The summed E-state index contributed by atoms with van der Waals surface area (Å²) in [7, 11) is -3.54. The van der Waals surface area contributed by atoms with E-state index in [0.717, 1.165) is 16.7 Å². The Morgan fingerprint density at radius 1 is 1.14 bits per heavy atom. The third-order valence-corrected chi connectivity index (χ3v) is 11.0. The van der Waals surface area contributed by atoms with Crippen molar-refractivity contribution >= 4 is 44.9 Å². The zero-order chi connectivity index (χ0) is 27.3. The molecule has 0 bridgehead atoms. The van der Waals surface area contributed by atoms with E-state index in [9.17, 15) is 23.1 Å². The molecule has 0 spiro atoms. The Kier molecular flexibility index (Phi) is 7.72. The van der Waals surface area contributed by atoms with Crippen LogP contribution in [0.15, 0.2) is 42.5 Å². The van der Waals surface area contributed by atoms with Crippen molar-refractivity contribution in [3.63, 3.8) is 0 Å². The van der Waals surface area contributed by atoms with Gasteiger partial charge in [0.15, 0.2) is 9.84 Å². The molecule has 2 aromatic rings. The second kappa shape index (κ2) is 10.2. The van der Waals surface area contributed by atoms with Crippen LogP contribution >= 0.6 is 23.2 Å². The Bertz CT molecular complexity index is 1330. The molecular formula is C28H33Cl2NO5S. The predicted octanol–water partition coefficient (Wildman–Crippen LogP) is 6.23. The second-order valence-corrected chi connectivity index (χ2v) is 14.2. The number of carbonyl (C=O) groups is 2. The van der Waals surface area contributed by atoms with Crippen LogP contribution in [0.5, 0.6) is 0 Å². The molecule has 2 aliphatic rings. The molecule has 2 heterocycles. The van der Waals surface area contributed by atoms with Crippen LogP contribution < -0.4 is 0 Å². The minimum absolute atomic E-state index is 0.213. The highest BCUT2D eigenvalue weighted by atomic mass is 35.5. The Morgan fingerprint density at radius 3 is 2.41 bits per heavy atom. The van der Waals surface area contributed by atoms with E-state index in [1.54, 1.807) is 30.9 Å². The molecule has 1 saturated heterocycles. The van der Waals surface area contributed by atoms with Crippen molar-refractivity contribution in [1.29, 1.82) is 0 Å². The number of hydrogen-bond acceptors (Lipinski definition) is 4. The fraction of sp³-hybridized carbons (Fsp3) is 0.500. The molecule has 37 heavy (non-hydrogen) atoms. The summed E-state index contributed by atoms with van der Waals surface area (Å²) in [6.45, 7) is 7.03. The monoisotopic (exact) mass is 565 g/mol. The lowest BCUT2D eigenvalue weighted by Crippen LogP contribution is -2.61. The van der Waals surface area contributed by atoms with E-state index in [1.807, 2.05) is 44.2 Å². The van der Waals surface area contributed by atoms with Gasteiger partial charge in [-0.3, -0.25) is 9.59 Å². The molecule has 0 aromatic heterocycles. The van der Waals surface area contributed by atoms with Crippen molar-refractivity contribution in [3.05, 3.63) is 69.2 Å². The lowest BCUT2D eigenvalue weighted by Gasteiger charge is -2.56. The largest absolute Gasteiger partial charge is 0.481 e. The van der Waals surface area contributed by atoms with E-state index in [4.69, 9.17) is 23.2 Å². The highest BCUT2D eigenvalue weighted by molar-refractivity contribution is 7.92. The molecule has 6 nitrogen and oxygen atoms in total. The van der Waals surface area contributed by atoms with Gasteiger partial charge in [-0.2, -0.15) is 0 Å². The van der Waals surface area contributed by atoms with Gasteiger partial charge in [0, 0.05) is 21.9 Å². The average Bonchev–Trinajstić information content (AvgIpc) is 2.82. The van der Waals surface area contributed by atoms with Gasteiger partial charge < -0.3 is 10.0 Å². The zero-order valence-corrected chi connectivity index (χ0v) is 23.8. The molecule has 5 atom stereocenters. The maximum Gasteiger partial charge on any atom is 0.304 e. The molecule has 1 N–H and O–H groups in total. The van der Waals surface area contributed by atoms with Crippen LogP contribution in [0.4, 0.5) is 0 Å². The molecule has 0 aliphatic carbocycles. The fourth-order valence-corrected chi connectivity index (χ4v) is 7.83. The van der Waals surface area contributed by atoms with Crippen LogP contribution in [0.3, 0.4) is 0 Å². The lowest BCUT2D eigenvalue weighted by atomic mass is 9.62. The summed E-state index contributed by atoms with van der Waals surface area (Å²) < 4.78 is 26.5. The number of carbonyl (C=O) groups excluding carboxylic acids is 1. The standard InChI is InChI=1S/C28H33Cl2NO5S/c1-5-28(14-25(32)33)13-23(18-7-6-8-19(29)11-18)26-21-10-9-20(30)12-22(21)17(4)24(31(26)27(28)34)15-37(35,36)16(2)3/h6-12,16-17,23-24,26H,5,13-15H2,1-4H3,(H,32,33)/t17?,23-,24?,26-,28-/m1/s1. The van der Waals surface area contributed by atoms with E-state index in [0.29, 0.717) is 22.9 Å². The third-order valence-electron chi connectivity index (χ3n) is 8.34. The van der Waals surface area contributed by atoms with Gasteiger partial charge in [0.1, 0.15) is 0 Å². The smallest absolute Gasteiger partial charge is 0.304 e. The normalized spacial score (nSPS) is 27.6. The first-order valence-electron chi connectivity index (χ1n) is 12.6. The summed E-state index contributed by atoms with van der Waals surface area (Å²) in [5.74, 6) is -2.17. The van der Waals surface area contributed by atoms with Gasteiger partial charge >= 0.3 is 5.97 Å². The first kappa shape index (κ1) is 27.9. The first-order chi connectivity index (χ1) is 17.3. The van der Waals surface area contributed by atoms with Crippen LogP contribution in [0, 0.1) is 5.41 Å². The second-order valence-electron chi connectivity index (χ2n) is 10.7. The molecular weight excluding hydrogens is 533 g/mol. The summed E-state index contributed by atoms with van der Waals surface area (Å²) >= 11 is 12.8. The van der Waals surface area contributed by atoms with Crippen molar-refractivity contribution < 1.29 is 23.1 Å². The van der Waals surface area contributed by atoms with Gasteiger partial charge in [0.2, 0.25) is 5.91 Å². The maximum absolute atomic E-state index is 14.4. The van der Waals surface area contributed by atoms with E-state index in [1.165, 1.54) is 0 Å². The number of halogens is 2. The van der Waals surface area contributed by atoms with Crippen LogP contribution in [0.1, 0.15) is 81.5 Å². The lowest BCUT2D eigenvalue weighted by molar-refractivity contribution is -0.163. The summed E-state index contributed by atoms with van der Waals surface area (Å²) in [5.41, 5.74) is 1.55. The zero-order valence-electron chi connectivity index (χ0n) is 21.4. The predicted molar refractivity (Wildman–Crippen MR) is 146 cm³/mol. The number of fused-ring (bicyclic) bond motifs is 3. The molecule has 200 valence electrons. The molecule has 9 heteroatoms. The Labute approximate surface area is 228 Å². The van der Waals surface area contributed by atoms with Crippen LogP contribution in [0.2, 0.25) is 10.0 Å². The Morgan fingerprint density at radius 2 is 1.81 bits per heavy atom. The number of rotatable bonds is 7.